The lowest BCUT2D eigenvalue weighted by Crippen LogP contribution is -2.05. The Morgan fingerprint density at radius 1 is 1.00 bits per heavy atom. The first-order valence-corrected chi connectivity index (χ1v) is 6.55. The Bertz CT molecular complexity index is 646. The van der Waals surface area contributed by atoms with Crippen LogP contribution in [-0.2, 0) is 6.18 Å². The molecule has 0 aliphatic heterocycles. The zero-order valence-electron chi connectivity index (χ0n) is 11.1. The van der Waals surface area contributed by atoms with Crippen LogP contribution < -0.4 is 4.74 Å². The summed E-state index contributed by atoms with van der Waals surface area (Å²) in [6, 6.07) is 10.5. The first-order chi connectivity index (χ1) is 9.90. The fourth-order valence-electron chi connectivity index (χ4n) is 1.76. The molecule has 2 aromatic rings. The number of alkyl halides is 3. The van der Waals surface area contributed by atoms with Gasteiger partial charge in [0.05, 0.1) is 10.6 Å². The van der Waals surface area contributed by atoms with Crippen molar-refractivity contribution < 1.29 is 17.9 Å². The summed E-state index contributed by atoms with van der Waals surface area (Å²) in [7, 11) is 0. The molecule has 0 unspecified atom stereocenters. The predicted molar refractivity (Wildman–Crippen MR) is 77.7 cm³/mol. The van der Waals surface area contributed by atoms with Crippen molar-refractivity contribution in [2.24, 2.45) is 0 Å². The summed E-state index contributed by atoms with van der Waals surface area (Å²) in [5, 5.41) is -0.349. The third kappa shape index (κ3) is 4.02. The Labute approximate surface area is 125 Å². The molecule has 0 aromatic heterocycles. The molecular formula is C16H12ClF3O. The van der Waals surface area contributed by atoms with Crippen LogP contribution in [0.5, 0.6) is 11.5 Å². The van der Waals surface area contributed by atoms with E-state index in [1.165, 1.54) is 12.1 Å². The number of hydrogen-bond acceptors (Lipinski definition) is 1. The molecule has 110 valence electrons. The first-order valence-electron chi connectivity index (χ1n) is 6.17. The maximum Gasteiger partial charge on any atom is 0.417 e. The monoisotopic (exact) mass is 312 g/mol. The van der Waals surface area contributed by atoms with Crippen molar-refractivity contribution in [2.45, 2.75) is 13.1 Å². The fourth-order valence-corrected chi connectivity index (χ4v) is 1.99. The molecule has 0 spiro atoms. The SMILES string of the molecule is C/C=C/c1ccc(Oc2ccc(Cl)c(C(F)(F)F)c2)cc1. The van der Waals surface area contributed by atoms with Crippen molar-refractivity contribution in [3.05, 3.63) is 64.7 Å². The molecule has 0 amide bonds. The van der Waals surface area contributed by atoms with Gasteiger partial charge in [0.2, 0.25) is 0 Å². The van der Waals surface area contributed by atoms with Crippen molar-refractivity contribution in [3.8, 4) is 11.5 Å². The van der Waals surface area contributed by atoms with Crippen molar-refractivity contribution in [3.63, 3.8) is 0 Å². The maximum atomic E-state index is 12.8. The van der Waals surface area contributed by atoms with E-state index in [2.05, 4.69) is 0 Å². The van der Waals surface area contributed by atoms with Gasteiger partial charge in [-0.1, -0.05) is 35.9 Å². The largest absolute Gasteiger partial charge is 0.457 e. The van der Waals surface area contributed by atoms with Crippen LogP contribution >= 0.6 is 11.6 Å². The van der Waals surface area contributed by atoms with Gasteiger partial charge in [-0.15, -0.1) is 0 Å². The molecule has 0 saturated carbocycles. The molecule has 2 rings (SSSR count). The molecule has 0 fully saturated rings. The number of halogens is 4. The molecular weight excluding hydrogens is 301 g/mol. The summed E-state index contributed by atoms with van der Waals surface area (Å²) in [6.45, 7) is 1.90. The third-order valence-electron chi connectivity index (χ3n) is 2.72. The summed E-state index contributed by atoms with van der Waals surface area (Å²) in [5.74, 6) is 0.546. The number of benzene rings is 2. The lowest BCUT2D eigenvalue weighted by atomic mass is 10.2. The summed E-state index contributed by atoms with van der Waals surface area (Å²) < 4.78 is 43.7. The van der Waals surface area contributed by atoms with Crippen LogP contribution in [-0.4, -0.2) is 0 Å². The van der Waals surface area contributed by atoms with E-state index in [1.54, 1.807) is 12.1 Å². The molecule has 0 N–H and O–H groups in total. The third-order valence-corrected chi connectivity index (χ3v) is 3.05. The maximum absolute atomic E-state index is 12.8. The highest BCUT2D eigenvalue weighted by atomic mass is 35.5. The quantitative estimate of drug-likeness (QED) is 0.657. The minimum atomic E-state index is -4.51. The summed E-state index contributed by atoms with van der Waals surface area (Å²) in [6.07, 6.45) is -0.704. The van der Waals surface area contributed by atoms with Gasteiger partial charge in [-0.25, -0.2) is 0 Å². The molecule has 0 saturated heterocycles. The minimum Gasteiger partial charge on any atom is -0.457 e. The van der Waals surface area contributed by atoms with Gasteiger partial charge < -0.3 is 4.74 Å². The van der Waals surface area contributed by atoms with Gasteiger partial charge in [-0.2, -0.15) is 13.2 Å². The average molecular weight is 313 g/mol. The van der Waals surface area contributed by atoms with E-state index in [0.717, 1.165) is 11.6 Å². The standard InChI is InChI=1S/C16H12ClF3O/c1-2-3-11-4-6-12(7-5-11)21-13-8-9-15(17)14(10-13)16(18,19)20/h2-10H,1H3/b3-2+. The molecule has 0 atom stereocenters. The van der Waals surface area contributed by atoms with Crippen molar-refractivity contribution in [2.75, 3.05) is 0 Å². The normalized spacial score (nSPS) is 11.9. The van der Waals surface area contributed by atoms with E-state index in [9.17, 15) is 13.2 Å². The molecule has 0 heterocycles. The first kappa shape index (κ1) is 15.4. The molecule has 1 nitrogen and oxygen atoms in total. The van der Waals surface area contributed by atoms with Crippen molar-refractivity contribution in [1.29, 1.82) is 0 Å². The average Bonchev–Trinajstić information content (AvgIpc) is 2.42. The highest BCUT2D eigenvalue weighted by Gasteiger charge is 2.33. The molecule has 0 aliphatic rings. The van der Waals surface area contributed by atoms with Crippen LogP contribution in [0.15, 0.2) is 48.5 Å². The van der Waals surface area contributed by atoms with E-state index in [-0.39, 0.29) is 10.8 Å². The van der Waals surface area contributed by atoms with E-state index in [0.29, 0.717) is 5.75 Å². The molecule has 2 aromatic carbocycles. The second-order valence-corrected chi connectivity index (χ2v) is 4.72. The Hall–Kier alpha value is -1.94. The molecule has 0 bridgehead atoms. The van der Waals surface area contributed by atoms with Gasteiger partial charge in [0, 0.05) is 0 Å². The van der Waals surface area contributed by atoms with Gasteiger partial charge in [0.1, 0.15) is 11.5 Å². The van der Waals surface area contributed by atoms with Gasteiger partial charge in [-0.3, -0.25) is 0 Å². The Kier molecular flexibility index (Phi) is 4.58. The van der Waals surface area contributed by atoms with Gasteiger partial charge >= 0.3 is 6.18 Å². The Morgan fingerprint density at radius 3 is 2.19 bits per heavy atom. The lowest BCUT2D eigenvalue weighted by Gasteiger charge is -2.11. The van der Waals surface area contributed by atoms with Crippen LogP contribution in [0.2, 0.25) is 5.02 Å². The topological polar surface area (TPSA) is 9.23 Å². The number of allylic oxidation sites excluding steroid dienone is 1. The number of hydrogen-bond donors (Lipinski definition) is 0. The second-order valence-electron chi connectivity index (χ2n) is 4.31. The van der Waals surface area contributed by atoms with Crippen LogP contribution in [0.1, 0.15) is 18.1 Å². The van der Waals surface area contributed by atoms with E-state index in [4.69, 9.17) is 16.3 Å². The predicted octanol–water partition coefficient (Wildman–Crippen LogP) is 6.18. The summed E-state index contributed by atoms with van der Waals surface area (Å²) in [4.78, 5) is 0. The Balaban J connectivity index is 2.23. The molecule has 5 heteroatoms. The highest BCUT2D eigenvalue weighted by Crippen LogP contribution is 2.37. The van der Waals surface area contributed by atoms with E-state index in [1.807, 2.05) is 31.2 Å². The summed E-state index contributed by atoms with van der Waals surface area (Å²) in [5.41, 5.74) is 0.0733. The van der Waals surface area contributed by atoms with E-state index < -0.39 is 11.7 Å². The van der Waals surface area contributed by atoms with Crippen LogP contribution in [0, 0.1) is 0 Å². The van der Waals surface area contributed by atoms with Gasteiger partial charge in [-0.05, 0) is 42.8 Å². The molecule has 21 heavy (non-hydrogen) atoms. The molecule has 0 aliphatic carbocycles. The van der Waals surface area contributed by atoms with Crippen LogP contribution in [0.4, 0.5) is 13.2 Å². The fraction of sp³-hybridized carbons (Fsp3) is 0.125. The van der Waals surface area contributed by atoms with Crippen molar-refractivity contribution in [1.82, 2.24) is 0 Å². The number of ether oxygens (including phenoxy) is 1. The second kappa shape index (κ2) is 6.22. The zero-order chi connectivity index (χ0) is 15.5. The van der Waals surface area contributed by atoms with Crippen LogP contribution in [0.25, 0.3) is 6.08 Å². The summed E-state index contributed by atoms with van der Waals surface area (Å²) >= 11 is 5.56. The smallest absolute Gasteiger partial charge is 0.417 e. The minimum absolute atomic E-state index is 0.0884. The Morgan fingerprint density at radius 2 is 1.62 bits per heavy atom. The number of rotatable bonds is 3. The van der Waals surface area contributed by atoms with Crippen LogP contribution in [0.3, 0.4) is 0 Å². The lowest BCUT2D eigenvalue weighted by molar-refractivity contribution is -0.137. The van der Waals surface area contributed by atoms with Crippen molar-refractivity contribution >= 4 is 17.7 Å². The highest BCUT2D eigenvalue weighted by molar-refractivity contribution is 6.31. The zero-order valence-corrected chi connectivity index (χ0v) is 11.9. The van der Waals surface area contributed by atoms with Gasteiger partial charge in [0.25, 0.3) is 0 Å². The van der Waals surface area contributed by atoms with Gasteiger partial charge in [0.15, 0.2) is 0 Å². The molecule has 0 radical (unpaired) electrons. The van der Waals surface area contributed by atoms with E-state index >= 15 is 0 Å².